The Labute approximate surface area is 140 Å². The van der Waals surface area contributed by atoms with E-state index < -0.39 is 40.8 Å². The molecule has 0 aromatic heterocycles. The fraction of sp³-hybridized carbons (Fsp3) is 0. The summed E-state index contributed by atoms with van der Waals surface area (Å²) in [4.78, 5) is 18.7. The third-order valence-corrected chi connectivity index (χ3v) is 5.00. The van der Waals surface area contributed by atoms with E-state index in [0.29, 0.717) is 0 Å². The molecule has 2 aromatic rings. The Morgan fingerprint density at radius 1 is 0.800 bits per heavy atom. The minimum Gasteiger partial charge on any atom is -0.258 e. The lowest BCUT2D eigenvalue weighted by Crippen LogP contribution is -2.09. The van der Waals surface area contributed by atoms with Gasteiger partial charge in [-0.15, -0.1) is 0 Å². The van der Waals surface area contributed by atoms with Gasteiger partial charge in [0.15, 0.2) is 0 Å². The van der Waals surface area contributed by atoms with E-state index in [-0.39, 0.29) is 11.1 Å². The van der Waals surface area contributed by atoms with Crippen LogP contribution in [0, 0.1) is 42.9 Å². The molecule has 2 aromatic carbocycles. The largest absolute Gasteiger partial charge is 0.289 e. The molecule has 0 heterocycles. The highest BCUT2D eigenvalue weighted by molar-refractivity contribution is 7.91. The first kappa shape index (κ1) is 17.5. The van der Waals surface area contributed by atoms with Gasteiger partial charge in [0.05, 0.1) is 33.1 Å². The van der Waals surface area contributed by atoms with Crippen LogP contribution in [0.4, 0.5) is 11.4 Å². The van der Waals surface area contributed by atoms with Crippen molar-refractivity contribution in [1.82, 2.24) is 0 Å². The van der Waals surface area contributed by atoms with Crippen LogP contribution < -0.4 is 0 Å². The van der Waals surface area contributed by atoms with Gasteiger partial charge in [0.25, 0.3) is 11.4 Å². The molecule has 124 valence electrons. The van der Waals surface area contributed by atoms with E-state index in [1.165, 1.54) is 0 Å². The number of hydrogen-bond acceptors (Lipinski definition) is 8. The van der Waals surface area contributed by atoms with E-state index in [0.717, 1.165) is 36.4 Å². The van der Waals surface area contributed by atoms with Gasteiger partial charge < -0.3 is 0 Å². The van der Waals surface area contributed by atoms with Crippen molar-refractivity contribution in [1.29, 1.82) is 10.5 Å². The van der Waals surface area contributed by atoms with Gasteiger partial charge >= 0.3 is 0 Å². The maximum atomic E-state index is 12.7. The third kappa shape index (κ3) is 3.12. The van der Waals surface area contributed by atoms with Crippen LogP contribution in [0.3, 0.4) is 0 Å². The summed E-state index contributed by atoms with van der Waals surface area (Å²) in [5.74, 6) is 0. The Hall–Kier alpha value is -3.83. The number of nitriles is 2. The van der Waals surface area contributed by atoms with E-state index in [9.17, 15) is 28.6 Å². The molecule has 0 radical (unpaired) electrons. The zero-order valence-corrected chi connectivity index (χ0v) is 12.9. The summed E-state index contributed by atoms with van der Waals surface area (Å²) >= 11 is 0. The molecule has 0 saturated carbocycles. The lowest BCUT2D eigenvalue weighted by atomic mass is 10.2. The highest BCUT2D eigenvalue weighted by atomic mass is 32.2. The number of nitro benzene ring substituents is 2. The lowest BCUT2D eigenvalue weighted by Gasteiger charge is -2.07. The van der Waals surface area contributed by atoms with Crippen LogP contribution in [0.25, 0.3) is 0 Å². The van der Waals surface area contributed by atoms with Crippen LogP contribution in [-0.4, -0.2) is 18.3 Å². The van der Waals surface area contributed by atoms with E-state index in [4.69, 9.17) is 10.5 Å². The standard InChI is InChI=1S/C14H6N4O6S/c15-7-9-1-3-13(11(5-9)17(19)20)25(23,24)14-4-2-10(8-16)6-12(14)18(21)22/h1-6H. The molecular formula is C14H6N4O6S. The first-order valence-electron chi connectivity index (χ1n) is 6.34. The van der Waals surface area contributed by atoms with Gasteiger partial charge in [0.1, 0.15) is 9.79 Å². The Morgan fingerprint density at radius 3 is 1.44 bits per heavy atom. The maximum Gasteiger partial charge on any atom is 0.289 e. The van der Waals surface area contributed by atoms with E-state index in [1.807, 2.05) is 0 Å². The second-order valence-electron chi connectivity index (χ2n) is 4.61. The van der Waals surface area contributed by atoms with E-state index >= 15 is 0 Å². The van der Waals surface area contributed by atoms with Crippen molar-refractivity contribution in [2.75, 3.05) is 0 Å². The molecule has 0 aliphatic heterocycles. The molecule has 25 heavy (non-hydrogen) atoms. The minimum atomic E-state index is -4.64. The van der Waals surface area contributed by atoms with Gasteiger partial charge in [0.2, 0.25) is 9.84 Å². The van der Waals surface area contributed by atoms with Crippen molar-refractivity contribution in [3.63, 3.8) is 0 Å². The molecule has 11 heteroatoms. The summed E-state index contributed by atoms with van der Waals surface area (Å²) in [6, 6.07) is 8.60. The summed E-state index contributed by atoms with van der Waals surface area (Å²) in [7, 11) is -4.64. The van der Waals surface area contributed by atoms with Crippen molar-refractivity contribution in [2.24, 2.45) is 0 Å². The molecule has 0 atom stereocenters. The summed E-state index contributed by atoms with van der Waals surface area (Å²) < 4.78 is 25.4. The van der Waals surface area contributed by atoms with Gasteiger partial charge in [-0.2, -0.15) is 10.5 Å². The molecule has 2 rings (SSSR count). The Bertz CT molecular complexity index is 1010. The molecule has 0 unspecified atom stereocenters. The van der Waals surface area contributed by atoms with Crippen LogP contribution in [-0.2, 0) is 9.84 Å². The van der Waals surface area contributed by atoms with Crippen LogP contribution in [0.5, 0.6) is 0 Å². The van der Waals surface area contributed by atoms with Gasteiger partial charge in [-0.3, -0.25) is 20.2 Å². The molecular weight excluding hydrogens is 352 g/mol. The molecule has 0 saturated heterocycles. The summed E-state index contributed by atoms with van der Waals surface area (Å²) in [6.07, 6.45) is 0. The predicted molar refractivity (Wildman–Crippen MR) is 81.1 cm³/mol. The van der Waals surface area contributed by atoms with Crippen molar-refractivity contribution in [3.8, 4) is 12.1 Å². The Balaban J connectivity index is 2.82. The molecule has 0 aliphatic rings. The number of nitro groups is 2. The molecule has 10 nitrogen and oxygen atoms in total. The summed E-state index contributed by atoms with van der Waals surface area (Å²) in [5.41, 5.74) is -2.03. The normalized spacial score (nSPS) is 10.5. The van der Waals surface area contributed by atoms with Gasteiger partial charge in [0, 0.05) is 12.1 Å². The fourth-order valence-electron chi connectivity index (χ4n) is 2.03. The van der Waals surface area contributed by atoms with E-state index in [1.54, 1.807) is 12.1 Å². The molecule has 0 spiro atoms. The Morgan fingerprint density at radius 2 is 1.16 bits per heavy atom. The van der Waals surface area contributed by atoms with Gasteiger partial charge in [-0.05, 0) is 24.3 Å². The molecule has 0 aliphatic carbocycles. The first-order valence-corrected chi connectivity index (χ1v) is 7.83. The van der Waals surface area contributed by atoms with Crippen LogP contribution >= 0.6 is 0 Å². The number of nitrogens with zero attached hydrogens (tertiary/aromatic N) is 4. The second-order valence-corrected chi connectivity index (χ2v) is 6.49. The third-order valence-electron chi connectivity index (χ3n) is 3.15. The fourth-order valence-corrected chi connectivity index (χ4v) is 3.58. The van der Waals surface area contributed by atoms with Crippen LogP contribution in [0.2, 0.25) is 0 Å². The van der Waals surface area contributed by atoms with Crippen molar-refractivity contribution in [3.05, 3.63) is 67.8 Å². The average molecular weight is 358 g/mol. The van der Waals surface area contributed by atoms with Crippen LogP contribution in [0.15, 0.2) is 46.2 Å². The van der Waals surface area contributed by atoms with Gasteiger partial charge in [-0.25, -0.2) is 8.42 Å². The number of hydrogen-bond donors (Lipinski definition) is 0. The monoisotopic (exact) mass is 358 g/mol. The summed E-state index contributed by atoms with van der Waals surface area (Å²) in [6.45, 7) is 0. The van der Waals surface area contributed by atoms with Crippen molar-refractivity contribution < 1.29 is 18.3 Å². The molecule has 0 fully saturated rings. The number of benzene rings is 2. The highest BCUT2D eigenvalue weighted by Crippen LogP contribution is 2.34. The average Bonchev–Trinajstić information content (AvgIpc) is 2.60. The quantitative estimate of drug-likeness (QED) is 0.591. The molecule has 0 amide bonds. The smallest absolute Gasteiger partial charge is 0.258 e. The zero-order valence-electron chi connectivity index (χ0n) is 12.1. The van der Waals surface area contributed by atoms with Crippen molar-refractivity contribution >= 4 is 21.2 Å². The topological polar surface area (TPSA) is 168 Å². The maximum absolute atomic E-state index is 12.7. The molecule has 0 N–H and O–H groups in total. The van der Waals surface area contributed by atoms with Crippen molar-refractivity contribution in [2.45, 2.75) is 9.79 Å². The zero-order chi connectivity index (χ0) is 18.8. The molecule has 0 bridgehead atoms. The Kier molecular flexibility index (Phi) is 4.45. The number of sulfone groups is 1. The first-order chi connectivity index (χ1) is 11.7. The van der Waals surface area contributed by atoms with Crippen LogP contribution in [0.1, 0.15) is 11.1 Å². The number of rotatable bonds is 4. The highest BCUT2D eigenvalue weighted by Gasteiger charge is 2.33. The summed E-state index contributed by atoms with van der Waals surface area (Å²) in [5, 5.41) is 39.9. The second kappa shape index (κ2) is 6.35. The lowest BCUT2D eigenvalue weighted by molar-refractivity contribution is -0.388. The SMILES string of the molecule is N#Cc1ccc(S(=O)(=O)c2ccc(C#N)cc2[N+](=O)[O-])c([N+](=O)[O-])c1. The minimum absolute atomic E-state index is 0.139. The van der Waals surface area contributed by atoms with E-state index in [2.05, 4.69) is 0 Å². The van der Waals surface area contributed by atoms with Gasteiger partial charge in [-0.1, -0.05) is 0 Å². The predicted octanol–water partition coefficient (Wildman–Crippen LogP) is 2.08.